The number of rotatable bonds is 7. The molecular formula is C13H9F6N5O4. The number of anilines is 2. The molecule has 0 amide bonds. The summed E-state index contributed by atoms with van der Waals surface area (Å²) in [5.74, 6) is -0.626. The van der Waals surface area contributed by atoms with Gasteiger partial charge in [-0.3, -0.25) is 10.1 Å². The Morgan fingerprint density at radius 3 is 1.89 bits per heavy atom. The van der Waals surface area contributed by atoms with Gasteiger partial charge in [0.1, 0.15) is 5.69 Å². The fourth-order valence-corrected chi connectivity index (χ4v) is 1.67. The summed E-state index contributed by atoms with van der Waals surface area (Å²) < 4.78 is 82.2. The second-order valence-corrected chi connectivity index (χ2v) is 4.93. The number of hydrogen-bond donors (Lipinski definition) is 1. The van der Waals surface area contributed by atoms with Crippen molar-refractivity contribution in [3.63, 3.8) is 0 Å². The van der Waals surface area contributed by atoms with E-state index in [0.717, 1.165) is 6.07 Å². The zero-order valence-corrected chi connectivity index (χ0v) is 13.4. The van der Waals surface area contributed by atoms with Crippen molar-refractivity contribution in [2.75, 3.05) is 18.5 Å². The van der Waals surface area contributed by atoms with E-state index in [1.165, 1.54) is 18.2 Å². The molecule has 0 unspecified atom stereocenters. The van der Waals surface area contributed by atoms with Crippen molar-refractivity contribution < 1.29 is 40.7 Å². The zero-order chi connectivity index (χ0) is 20.9. The van der Waals surface area contributed by atoms with Gasteiger partial charge in [0.05, 0.1) is 4.92 Å². The molecule has 1 aromatic heterocycles. The minimum atomic E-state index is -4.77. The highest BCUT2D eigenvalue weighted by molar-refractivity contribution is 5.66. The van der Waals surface area contributed by atoms with Gasteiger partial charge in [0.2, 0.25) is 5.95 Å². The molecule has 9 nitrogen and oxygen atoms in total. The molecule has 0 saturated carbocycles. The summed E-state index contributed by atoms with van der Waals surface area (Å²) in [5, 5.41) is 13.3. The van der Waals surface area contributed by atoms with Crippen LogP contribution in [-0.4, -0.2) is 45.4 Å². The first kappa shape index (κ1) is 20.9. The van der Waals surface area contributed by atoms with Gasteiger partial charge in [0.15, 0.2) is 13.2 Å². The van der Waals surface area contributed by atoms with Crippen molar-refractivity contribution in [1.29, 1.82) is 0 Å². The highest BCUT2D eigenvalue weighted by atomic mass is 19.4. The van der Waals surface area contributed by atoms with Crippen molar-refractivity contribution in [3.05, 3.63) is 34.4 Å². The van der Waals surface area contributed by atoms with Gasteiger partial charge in [-0.15, -0.1) is 4.98 Å². The van der Waals surface area contributed by atoms with E-state index in [9.17, 15) is 36.5 Å². The van der Waals surface area contributed by atoms with E-state index in [2.05, 4.69) is 29.7 Å². The Labute approximate surface area is 151 Å². The summed E-state index contributed by atoms with van der Waals surface area (Å²) in [6.07, 6.45) is -9.54. The molecule has 0 saturated heterocycles. The van der Waals surface area contributed by atoms with Crippen LogP contribution in [0, 0.1) is 10.1 Å². The second-order valence-electron chi connectivity index (χ2n) is 4.93. The Balaban J connectivity index is 2.32. The number of hydrogen-bond acceptors (Lipinski definition) is 8. The largest absolute Gasteiger partial charge is 0.454 e. The van der Waals surface area contributed by atoms with Crippen molar-refractivity contribution in [2.24, 2.45) is 0 Å². The van der Waals surface area contributed by atoms with E-state index in [1.54, 1.807) is 0 Å². The van der Waals surface area contributed by atoms with Gasteiger partial charge in [-0.25, -0.2) is 0 Å². The lowest BCUT2D eigenvalue weighted by Gasteiger charge is -2.12. The Bertz CT molecular complexity index is 809. The number of alkyl halides is 6. The molecule has 0 fully saturated rings. The highest BCUT2D eigenvalue weighted by Crippen LogP contribution is 2.27. The fourth-order valence-electron chi connectivity index (χ4n) is 1.67. The normalized spacial score (nSPS) is 11.8. The molecule has 1 heterocycles. The lowest BCUT2D eigenvalue weighted by molar-refractivity contribution is -0.383. The molecule has 2 aromatic rings. The minimum Gasteiger partial charge on any atom is -0.454 e. The first-order valence-corrected chi connectivity index (χ1v) is 7.08. The molecule has 15 heteroatoms. The van der Waals surface area contributed by atoms with Crippen LogP contribution >= 0.6 is 0 Å². The third kappa shape index (κ3) is 6.73. The summed E-state index contributed by atoms with van der Waals surface area (Å²) in [6.45, 7) is -3.67. The predicted molar refractivity (Wildman–Crippen MR) is 79.3 cm³/mol. The Morgan fingerprint density at radius 2 is 1.43 bits per heavy atom. The van der Waals surface area contributed by atoms with Crippen LogP contribution in [0.15, 0.2) is 24.3 Å². The molecule has 0 aliphatic rings. The van der Waals surface area contributed by atoms with Gasteiger partial charge in [-0.2, -0.15) is 36.3 Å². The summed E-state index contributed by atoms with van der Waals surface area (Å²) >= 11 is 0. The second kappa shape index (κ2) is 8.10. The Kier molecular flexibility index (Phi) is 6.05. The first-order valence-electron chi connectivity index (χ1n) is 7.08. The van der Waals surface area contributed by atoms with Gasteiger partial charge in [0.25, 0.3) is 5.69 Å². The summed E-state index contributed by atoms with van der Waals surface area (Å²) in [7, 11) is 0. The van der Waals surface area contributed by atoms with Gasteiger partial charge < -0.3 is 14.8 Å². The van der Waals surface area contributed by atoms with Crippen LogP contribution < -0.4 is 14.8 Å². The molecule has 0 bridgehead atoms. The van der Waals surface area contributed by atoms with Crippen molar-refractivity contribution >= 4 is 17.3 Å². The van der Waals surface area contributed by atoms with Crippen molar-refractivity contribution in [2.45, 2.75) is 12.4 Å². The van der Waals surface area contributed by atoms with Crippen LogP contribution in [0.3, 0.4) is 0 Å². The topological polar surface area (TPSA) is 112 Å². The molecule has 0 aliphatic heterocycles. The van der Waals surface area contributed by atoms with Gasteiger partial charge in [0, 0.05) is 6.07 Å². The van der Waals surface area contributed by atoms with Crippen LogP contribution in [0.25, 0.3) is 0 Å². The average molecular weight is 413 g/mol. The summed E-state index contributed by atoms with van der Waals surface area (Å²) in [6, 6.07) is 3.06. The van der Waals surface area contributed by atoms with E-state index < -0.39 is 54.1 Å². The summed E-state index contributed by atoms with van der Waals surface area (Å²) in [4.78, 5) is 20.3. The number of ether oxygens (including phenoxy) is 2. The van der Waals surface area contributed by atoms with Crippen LogP contribution in [0.5, 0.6) is 12.0 Å². The number of para-hydroxylation sites is 2. The Morgan fingerprint density at radius 1 is 0.929 bits per heavy atom. The maximum absolute atomic E-state index is 12.3. The predicted octanol–water partition coefficient (Wildman–Crippen LogP) is 3.41. The van der Waals surface area contributed by atoms with Gasteiger partial charge in [-0.05, 0) is 6.07 Å². The lowest BCUT2D eigenvalue weighted by Crippen LogP contribution is -2.22. The van der Waals surface area contributed by atoms with Crippen molar-refractivity contribution in [3.8, 4) is 12.0 Å². The van der Waals surface area contributed by atoms with Crippen LogP contribution in [-0.2, 0) is 0 Å². The van der Waals surface area contributed by atoms with E-state index in [4.69, 9.17) is 0 Å². The average Bonchev–Trinajstić information content (AvgIpc) is 2.57. The number of nitrogens with one attached hydrogen (secondary N) is 1. The molecular weight excluding hydrogens is 404 g/mol. The number of halogens is 6. The molecule has 0 radical (unpaired) electrons. The van der Waals surface area contributed by atoms with E-state index in [-0.39, 0.29) is 5.69 Å². The fraction of sp³-hybridized carbons (Fsp3) is 0.308. The Hall–Kier alpha value is -3.39. The minimum absolute atomic E-state index is 0.178. The zero-order valence-electron chi connectivity index (χ0n) is 13.4. The maximum Gasteiger partial charge on any atom is 0.422 e. The molecule has 2 rings (SSSR count). The number of nitro benzene ring substituents is 1. The molecule has 1 N–H and O–H groups in total. The monoisotopic (exact) mass is 413 g/mol. The molecule has 1 aromatic carbocycles. The van der Waals surface area contributed by atoms with E-state index in [0.29, 0.717) is 0 Å². The molecule has 0 atom stereocenters. The number of nitrogens with zero attached hydrogens (tertiary/aromatic N) is 4. The first-order chi connectivity index (χ1) is 12.9. The number of aromatic nitrogens is 3. The van der Waals surface area contributed by atoms with Gasteiger partial charge in [-0.1, -0.05) is 12.1 Å². The van der Waals surface area contributed by atoms with Gasteiger partial charge >= 0.3 is 24.4 Å². The third-order valence-corrected chi connectivity index (χ3v) is 2.67. The molecule has 152 valence electrons. The third-order valence-electron chi connectivity index (χ3n) is 2.67. The van der Waals surface area contributed by atoms with E-state index >= 15 is 0 Å². The highest BCUT2D eigenvalue weighted by Gasteiger charge is 2.31. The quantitative estimate of drug-likeness (QED) is 0.418. The maximum atomic E-state index is 12.3. The van der Waals surface area contributed by atoms with E-state index in [1.807, 2.05) is 0 Å². The smallest absolute Gasteiger partial charge is 0.422 e. The summed E-state index contributed by atoms with van der Waals surface area (Å²) in [5.41, 5.74) is -0.624. The number of benzene rings is 1. The molecule has 28 heavy (non-hydrogen) atoms. The van der Waals surface area contributed by atoms with Crippen LogP contribution in [0.1, 0.15) is 0 Å². The van der Waals surface area contributed by atoms with Crippen LogP contribution in [0.4, 0.5) is 43.7 Å². The van der Waals surface area contributed by atoms with Crippen molar-refractivity contribution in [1.82, 2.24) is 15.0 Å². The molecule has 0 aliphatic carbocycles. The number of nitro groups is 1. The van der Waals surface area contributed by atoms with Crippen LogP contribution in [0.2, 0.25) is 0 Å². The SMILES string of the molecule is O=[N+]([O-])c1ccccc1Nc1nc(OCC(F)(F)F)nc(OCC(F)(F)F)n1. The standard InChI is InChI=1S/C13H9F6N5O4/c14-12(15,16)5-27-10-21-9(22-11(23-10)28-6-13(17,18)19)20-7-3-1-2-4-8(7)24(25)26/h1-4H,5-6H2,(H,20,21,22,23). The lowest BCUT2D eigenvalue weighted by atomic mass is 10.3. The molecule has 0 spiro atoms.